The van der Waals surface area contributed by atoms with Gasteiger partial charge < -0.3 is 21.1 Å². The van der Waals surface area contributed by atoms with E-state index in [4.69, 9.17) is 15.7 Å². The number of nitriles is 1. The van der Waals surface area contributed by atoms with Crippen LogP contribution in [0.25, 0.3) is 0 Å². The van der Waals surface area contributed by atoms with E-state index in [1.807, 2.05) is 24.3 Å². The third-order valence-electron chi connectivity index (χ3n) is 3.78. The first-order valence-electron chi connectivity index (χ1n) is 8.22. The van der Waals surface area contributed by atoms with Gasteiger partial charge in [0.1, 0.15) is 17.4 Å². The number of hydrogen-bond acceptors (Lipinski definition) is 5. The summed E-state index contributed by atoms with van der Waals surface area (Å²) in [6.45, 7) is 0.351. The van der Waals surface area contributed by atoms with Crippen molar-refractivity contribution in [1.82, 2.24) is 10.6 Å². The summed E-state index contributed by atoms with van der Waals surface area (Å²) in [5, 5.41) is 14.2. The van der Waals surface area contributed by atoms with Gasteiger partial charge in [-0.2, -0.15) is 5.26 Å². The molecule has 0 unspecified atom stereocenters. The quantitative estimate of drug-likeness (QED) is 0.393. The highest BCUT2D eigenvalue weighted by Crippen LogP contribution is 2.11. The molecule has 2 aromatic rings. The maximum Gasteiger partial charge on any atom is 0.263 e. The summed E-state index contributed by atoms with van der Waals surface area (Å²) in [7, 11) is 1.59. The summed E-state index contributed by atoms with van der Waals surface area (Å²) in [5.74, 6) is -0.300. The molecule has 7 heteroatoms. The van der Waals surface area contributed by atoms with Crippen LogP contribution in [0.15, 0.2) is 60.3 Å². The minimum Gasteiger partial charge on any atom is -0.497 e. The van der Waals surface area contributed by atoms with E-state index in [0.717, 1.165) is 17.5 Å². The van der Waals surface area contributed by atoms with Gasteiger partial charge in [-0.15, -0.1) is 0 Å². The first kappa shape index (κ1) is 19.5. The molecule has 2 amide bonds. The Morgan fingerprint density at radius 2 is 1.89 bits per heavy atom. The average molecular weight is 364 g/mol. The molecule has 0 atom stereocenters. The van der Waals surface area contributed by atoms with Gasteiger partial charge >= 0.3 is 0 Å². The molecule has 7 nitrogen and oxygen atoms in total. The van der Waals surface area contributed by atoms with Gasteiger partial charge in [0, 0.05) is 18.4 Å². The third kappa shape index (κ3) is 5.61. The molecule has 27 heavy (non-hydrogen) atoms. The van der Waals surface area contributed by atoms with Crippen molar-refractivity contribution in [2.24, 2.45) is 0 Å². The standard InChI is InChI=1S/C20H20N4O3/c1-27-16-8-6-14(7-9-16)10-11-23-19(25)15(12-21)13-24-20(26)17-4-2-3-5-18(17)22/h2-9,13H,10-11,22H2,1H3,(H,23,25)(H,24,26)/b15-13-. The zero-order valence-corrected chi connectivity index (χ0v) is 14.9. The lowest BCUT2D eigenvalue weighted by Gasteiger charge is -2.07. The first-order chi connectivity index (χ1) is 13.0. The van der Waals surface area contributed by atoms with E-state index in [2.05, 4.69) is 10.6 Å². The summed E-state index contributed by atoms with van der Waals surface area (Å²) < 4.78 is 5.09. The van der Waals surface area contributed by atoms with E-state index >= 15 is 0 Å². The van der Waals surface area contributed by atoms with Crippen LogP contribution in [0.2, 0.25) is 0 Å². The molecular weight excluding hydrogens is 344 g/mol. The fraction of sp³-hybridized carbons (Fsp3) is 0.150. The molecule has 4 N–H and O–H groups in total. The van der Waals surface area contributed by atoms with E-state index in [9.17, 15) is 9.59 Å². The molecular formula is C20H20N4O3. The van der Waals surface area contributed by atoms with E-state index in [0.29, 0.717) is 18.7 Å². The van der Waals surface area contributed by atoms with E-state index in [-0.39, 0.29) is 11.1 Å². The number of methoxy groups -OCH3 is 1. The van der Waals surface area contributed by atoms with Crippen LogP contribution in [0.5, 0.6) is 5.75 Å². The Labute approximate surface area is 157 Å². The smallest absolute Gasteiger partial charge is 0.263 e. The Bertz CT molecular complexity index is 883. The molecule has 0 spiro atoms. The van der Waals surface area contributed by atoms with Crippen molar-refractivity contribution in [3.63, 3.8) is 0 Å². The second-order valence-electron chi connectivity index (χ2n) is 5.58. The predicted molar refractivity (Wildman–Crippen MR) is 102 cm³/mol. The molecule has 0 heterocycles. The van der Waals surface area contributed by atoms with Crippen LogP contribution in [0, 0.1) is 11.3 Å². The lowest BCUT2D eigenvalue weighted by Crippen LogP contribution is -2.28. The highest BCUT2D eigenvalue weighted by Gasteiger charge is 2.11. The maximum absolute atomic E-state index is 12.1. The van der Waals surface area contributed by atoms with Crippen molar-refractivity contribution in [2.45, 2.75) is 6.42 Å². The van der Waals surface area contributed by atoms with Gasteiger partial charge in [-0.3, -0.25) is 9.59 Å². The Morgan fingerprint density at radius 1 is 1.19 bits per heavy atom. The zero-order chi connectivity index (χ0) is 19.6. The number of amides is 2. The SMILES string of the molecule is COc1ccc(CCNC(=O)/C(C#N)=C\NC(=O)c2ccccc2N)cc1. The van der Waals surface area contributed by atoms with Gasteiger partial charge in [0.05, 0.1) is 12.7 Å². The van der Waals surface area contributed by atoms with Crippen LogP contribution in [-0.2, 0) is 11.2 Å². The number of nitrogen functional groups attached to an aromatic ring is 1. The van der Waals surface area contributed by atoms with Crippen LogP contribution < -0.4 is 21.1 Å². The Kier molecular flexibility index (Phi) is 6.97. The summed E-state index contributed by atoms with van der Waals surface area (Å²) in [6, 6.07) is 15.8. The highest BCUT2D eigenvalue weighted by atomic mass is 16.5. The van der Waals surface area contributed by atoms with E-state index in [1.54, 1.807) is 37.4 Å². The molecule has 0 aliphatic rings. The number of ether oxygens (including phenoxy) is 1. The number of anilines is 1. The second-order valence-corrected chi connectivity index (χ2v) is 5.58. The minimum atomic E-state index is -0.563. The number of nitrogens with one attached hydrogen (secondary N) is 2. The largest absolute Gasteiger partial charge is 0.497 e. The molecule has 0 bridgehead atoms. The number of carbonyl (C=O) groups is 2. The molecule has 0 saturated heterocycles. The van der Waals surface area contributed by atoms with Crippen LogP contribution >= 0.6 is 0 Å². The molecule has 0 fully saturated rings. The molecule has 0 aliphatic carbocycles. The minimum absolute atomic E-state index is 0.201. The summed E-state index contributed by atoms with van der Waals surface area (Å²) in [5.41, 5.74) is 7.12. The molecule has 2 rings (SSSR count). The van der Waals surface area contributed by atoms with Gasteiger partial charge in [0.2, 0.25) is 0 Å². The molecule has 0 radical (unpaired) electrons. The first-order valence-corrected chi connectivity index (χ1v) is 8.22. The van der Waals surface area contributed by atoms with Crippen LogP contribution in [0.1, 0.15) is 15.9 Å². The number of para-hydroxylation sites is 1. The van der Waals surface area contributed by atoms with Gasteiger partial charge in [-0.05, 0) is 36.2 Å². The van der Waals surface area contributed by atoms with Gasteiger partial charge in [0.15, 0.2) is 0 Å². The Hall–Kier alpha value is -3.79. The monoisotopic (exact) mass is 364 g/mol. The second kappa shape index (κ2) is 9.63. The lowest BCUT2D eigenvalue weighted by atomic mass is 10.1. The fourth-order valence-electron chi connectivity index (χ4n) is 2.28. The van der Waals surface area contributed by atoms with Crippen LogP contribution in [0.3, 0.4) is 0 Å². The van der Waals surface area contributed by atoms with Crippen molar-refractivity contribution in [1.29, 1.82) is 5.26 Å². The fourth-order valence-corrected chi connectivity index (χ4v) is 2.28. The van der Waals surface area contributed by atoms with Crippen LogP contribution in [0.4, 0.5) is 5.69 Å². The zero-order valence-electron chi connectivity index (χ0n) is 14.9. The van der Waals surface area contributed by atoms with Gasteiger partial charge in [-0.1, -0.05) is 24.3 Å². The number of nitrogens with two attached hydrogens (primary N) is 1. The number of hydrogen-bond donors (Lipinski definition) is 3. The van der Waals surface area contributed by atoms with Gasteiger partial charge in [-0.25, -0.2) is 0 Å². The number of benzene rings is 2. The summed E-state index contributed by atoms with van der Waals surface area (Å²) >= 11 is 0. The molecule has 0 aromatic heterocycles. The Morgan fingerprint density at radius 3 is 2.52 bits per heavy atom. The van der Waals surface area contributed by atoms with Crippen molar-refractivity contribution in [3.8, 4) is 11.8 Å². The highest BCUT2D eigenvalue weighted by molar-refractivity contribution is 6.01. The summed E-state index contributed by atoms with van der Waals surface area (Å²) in [6.07, 6.45) is 1.68. The van der Waals surface area contributed by atoms with Crippen molar-refractivity contribution in [2.75, 3.05) is 19.4 Å². The lowest BCUT2D eigenvalue weighted by molar-refractivity contribution is -0.117. The number of carbonyl (C=O) groups excluding carboxylic acids is 2. The average Bonchev–Trinajstić information content (AvgIpc) is 2.69. The normalized spacial score (nSPS) is 10.6. The maximum atomic E-state index is 12.1. The third-order valence-corrected chi connectivity index (χ3v) is 3.78. The topological polar surface area (TPSA) is 117 Å². The van der Waals surface area contributed by atoms with Crippen molar-refractivity contribution in [3.05, 3.63) is 71.4 Å². The van der Waals surface area contributed by atoms with Gasteiger partial charge in [0.25, 0.3) is 11.8 Å². The predicted octanol–water partition coefficient (Wildman–Crippen LogP) is 1.77. The Balaban J connectivity index is 1.89. The molecule has 2 aromatic carbocycles. The number of rotatable bonds is 7. The van der Waals surface area contributed by atoms with E-state index in [1.165, 1.54) is 0 Å². The molecule has 0 saturated carbocycles. The molecule has 0 aliphatic heterocycles. The van der Waals surface area contributed by atoms with Crippen LogP contribution in [-0.4, -0.2) is 25.5 Å². The molecule has 138 valence electrons. The van der Waals surface area contributed by atoms with E-state index < -0.39 is 11.8 Å². The summed E-state index contributed by atoms with van der Waals surface area (Å²) in [4.78, 5) is 24.2. The van der Waals surface area contributed by atoms with Crippen molar-refractivity contribution < 1.29 is 14.3 Å². The number of nitrogens with zero attached hydrogens (tertiary/aromatic N) is 1. The van der Waals surface area contributed by atoms with Crippen molar-refractivity contribution >= 4 is 17.5 Å².